The molecule has 0 aliphatic rings. The molecule has 0 unspecified atom stereocenters. The summed E-state index contributed by atoms with van der Waals surface area (Å²) in [4.78, 5) is 38.1. The highest BCUT2D eigenvalue weighted by molar-refractivity contribution is 6.31. The average molecular weight is 430 g/mol. The number of alkyl carbamates (subject to hydrolysis) is 1. The lowest BCUT2D eigenvalue weighted by molar-refractivity contribution is -0.120. The van der Waals surface area contributed by atoms with Gasteiger partial charge in [0, 0.05) is 22.6 Å². The molecule has 0 fully saturated rings. The molecule has 2 rings (SSSR count). The van der Waals surface area contributed by atoms with Crippen molar-refractivity contribution >= 4 is 29.3 Å². The van der Waals surface area contributed by atoms with Crippen LogP contribution >= 0.6 is 11.6 Å². The van der Waals surface area contributed by atoms with E-state index in [0.717, 1.165) is 0 Å². The van der Waals surface area contributed by atoms with Gasteiger partial charge < -0.3 is 10.1 Å². The van der Waals surface area contributed by atoms with Crippen LogP contribution in [0.25, 0.3) is 0 Å². The van der Waals surface area contributed by atoms with Gasteiger partial charge in [-0.1, -0.05) is 61.3 Å². The van der Waals surface area contributed by atoms with Crippen molar-refractivity contribution in [2.24, 2.45) is 0 Å². The summed E-state index contributed by atoms with van der Waals surface area (Å²) in [5.41, 5.74) is 0.820. The predicted octanol–water partition coefficient (Wildman–Crippen LogP) is 5.38. The van der Waals surface area contributed by atoms with Crippen LogP contribution in [0.1, 0.15) is 62.0 Å². The first-order chi connectivity index (χ1) is 14.1. The Kier molecular flexibility index (Phi) is 8.18. The lowest BCUT2D eigenvalue weighted by Crippen LogP contribution is -2.44. The number of nitrogens with one attached hydrogen (secondary N) is 1. The Morgan fingerprint density at radius 1 is 1.07 bits per heavy atom. The number of rotatable bonds is 8. The number of hydrogen-bond acceptors (Lipinski definition) is 4. The fraction of sp³-hybridized carbons (Fsp3) is 0.375. The number of ether oxygens (including phenoxy) is 1. The number of halogens is 1. The van der Waals surface area contributed by atoms with Gasteiger partial charge >= 0.3 is 6.09 Å². The van der Waals surface area contributed by atoms with Crippen molar-refractivity contribution in [3.8, 4) is 0 Å². The first kappa shape index (κ1) is 23.6. The molecule has 0 aromatic heterocycles. The zero-order valence-electron chi connectivity index (χ0n) is 17.8. The molecule has 0 heterocycles. The van der Waals surface area contributed by atoms with Crippen molar-refractivity contribution in [3.63, 3.8) is 0 Å². The Bertz CT molecular complexity index is 903. The molecule has 6 heteroatoms. The maximum absolute atomic E-state index is 13.0. The van der Waals surface area contributed by atoms with E-state index in [1.54, 1.807) is 63.2 Å². The van der Waals surface area contributed by atoms with Crippen molar-refractivity contribution in [1.29, 1.82) is 0 Å². The smallest absolute Gasteiger partial charge is 0.408 e. The first-order valence-electron chi connectivity index (χ1n) is 10.0. The molecule has 0 bridgehead atoms. The standard InChI is InChI=1S/C24H28ClNO4/c1-5-9-20(26-23(29)30-24(2,3)4)21(27)14-17-12-13-18(25)15-19(17)22(28)16-10-7-6-8-11-16/h6-8,10-13,15,20H,5,9,14H2,1-4H3,(H,26,29)/t20-/m0/s1. The van der Waals surface area contributed by atoms with Crippen LogP contribution < -0.4 is 5.32 Å². The molecule has 0 aliphatic carbocycles. The van der Waals surface area contributed by atoms with Gasteiger partial charge in [0.25, 0.3) is 0 Å². The summed E-state index contributed by atoms with van der Waals surface area (Å²) in [5, 5.41) is 3.08. The first-order valence-corrected chi connectivity index (χ1v) is 10.4. The van der Waals surface area contributed by atoms with E-state index in [1.165, 1.54) is 0 Å². The molecule has 0 spiro atoms. The maximum Gasteiger partial charge on any atom is 0.408 e. The van der Waals surface area contributed by atoms with Crippen LogP contribution in [0.4, 0.5) is 4.79 Å². The Hall–Kier alpha value is -2.66. The number of carbonyl (C=O) groups excluding carboxylic acids is 3. The fourth-order valence-corrected chi connectivity index (χ4v) is 3.19. The van der Waals surface area contributed by atoms with Gasteiger partial charge in [0.2, 0.25) is 0 Å². The molecule has 0 saturated carbocycles. The van der Waals surface area contributed by atoms with Gasteiger partial charge in [-0.25, -0.2) is 4.79 Å². The van der Waals surface area contributed by atoms with E-state index < -0.39 is 17.7 Å². The highest BCUT2D eigenvalue weighted by atomic mass is 35.5. The molecule has 160 valence electrons. The number of ketones is 2. The second-order valence-corrected chi connectivity index (χ2v) is 8.56. The lowest BCUT2D eigenvalue weighted by atomic mass is 9.93. The summed E-state index contributed by atoms with van der Waals surface area (Å²) in [7, 11) is 0. The Morgan fingerprint density at radius 2 is 1.73 bits per heavy atom. The minimum absolute atomic E-state index is 0.00550. The largest absolute Gasteiger partial charge is 0.444 e. The second-order valence-electron chi connectivity index (χ2n) is 8.13. The number of carbonyl (C=O) groups is 3. The van der Waals surface area contributed by atoms with E-state index in [9.17, 15) is 14.4 Å². The molecule has 2 aromatic carbocycles. The molecule has 0 radical (unpaired) electrons. The molecular formula is C24H28ClNO4. The number of benzene rings is 2. The number of hydrogen-bond donors (Lipinski definition) is 1. The van der Waals surface area contributed by atoms with Crippen LogP contribution in [0.3, 0.4) is 0 Å². The summed E-state index contributed by atoms with van der Waals surface area (Å²) < 4.78 is 5.28. The lowest BCUT2D eigenvalue weighted by Gasteiger charge is -2.23. The van der Waals surface area contributed by atoms with Crippen molar-refractivity contribution in [1.82, 2.24) is 5.32 Å². The highest BCUT2D eigenvalue weighted by Gasteiger charge is 2.25. The van der Waals surface area contributed by atoms with Gasteiger partial charge in [0.15, 0.2) is 11.6 Å². The third-order valence-electron chi connectivity index (χ3n) is 4.37. The van der Waals surface area contributed by atoms with Crippen LogP contribution in [0.5, 0.6) is 0 Å². The highest BCUT2D eigenvalue weighted by Crippen LogP contribution is 2.21. The van der Waals surface area contributed by atoms with Gasteiger partial charge in [-0.3, -0.25) is 9.59 Å². The SMILES string of the molecule is CCC[C@H](NC(=O)OC(C)(C)C)C(=O)Cc1ccc(Cl)cc1C(=O)c1ccccc1. The van der Waals surface area contributed by atoms with Gasteiger partial charge in [-0.2, -0.15) is 0 Å². The molecular weight excluding hydrogens is 402 g/mol. The predicted molar refractivity (Wildman–Crippen MR) is 118 cm³/mol. The van der Waals surface area contributed by atoms with Crippen LogP contribution in [0, 0.1) is 0 Å². The molecule has 2 aromatic rings. The van der Waals surface area contributed by atoms with E-state index in [-0.39, 0.29) is 18.0 Å². The van der Waals surface area contributed by atoms with Gasteiger partial charge in [-0.15, -0.1) is 0 Å². The molecule has 0 saturated heterocycles. The maximum atomic E-state index is 13.0. The van der Waals surface area contributed by atoms with E-state index in [4.69, 9.17) is 16.3 Å². The third kappa shape index (κ3) is 6.99. The molecule has 5 nitrogen and oxygen atoms in total. The molecule has 1 atom stereocenters. The van der Waals surface area contributed by atoms with Gasteiger partial charge in [0.05, 0.1) is 6.04 Å². The zero-order valence-corrected chi connectivity index (χ0v) is 18.6. The normalized spacial score (nSPS) is 12.2. The van der Waals surface area contributed by atoms with Crippen molar-refractivity contribution in [3.05, 3.63) is 70.2 Å². The van der Waals surface area contributed by atoms with E-state index in [2.05, 4.69) is 5.32 Å². The van der Waals surface area contributed by atoms with Crippen LogP contribution in [0.2, 0.25) is 5.02 Å². The summed E-state index contributed by atoms with van der Waals surface area (Å²) in [6.45, 7) is 7.22. The van der Waals surface area contributed by atoms with E-state index >= 15 is 0 Å². The minimum Gasteiger partial charge on any atom is -0.444 e. The monoisotopic (exact) mass is 429 g/mol. The quantitative estimate of drug-likeness (QED) is 0.572. The van der Waals surface area contributed by atoms with E-state index in [1.807, 2.05) is 13.0 Å². The average Bonchev–Trinajstić information content (AvgIpc) is 2.67. The Labute approximate surface area is 182 Å². The van der Waals surface area contributed by atoms with Gasteiger partial charge in [0.1, 0.15) is 5.60 Å². The third-order valence-corrected chi connectivity index (χ3v) is 4.61. The van der Waals surface area contributed by atoms with E-state index in [0.29, 0.717) is 34.6 Å². The Balaban J connectivity index is 2.23. The van der Waals surface area contributed by atoms with Crippen LogP contribution in [0.15, 0.2) is 48.5 Å². The van der Waals surface area contributed by atoms with Gasteiger partial charge in [-0.05, 0) is 44.9 Å². The number of Topliss-reactive ketones (excluding diaryl/α,β-unsaturated/α-hetero) is 1. The summed E-state index contributed by atoms with van der Waals surface area (Å²) in [6.07, 6.45) is 0.563. The van der Waals surface area contributed by atoms with Crippen LogP contribution in [-0.4, -0.2) is 29.3 Å². The van der Waals surface area contributed by atoms with Crippen LogP contribution in [-0.2, 0) is 16.0 Å². The topological polar surface area (TPSA) is 72.5 Å². The summed E-state index contributed by atoms with van der Waals surface area (Å²) in [5.74, 6) is -0.389. The molecule has 0 aliphatic heterocycles. The zero-order chi connectivity index (χ0) is 22.3. The second kappa shape index (κ2) is 10.4. The fourth-order valence-electron chi connectivity index (χ4n) is 3.02. The summed E-state index contributed by atoms with van der Waals surface area (Å²) in [6, 6.07) is 13.1. The Morgan fingerprint density at radius 3 is 2.33 bits per heavy atom. The molecule has 1 N–H and O–H groups in total. The molecule has 30 heavy (non-hydrogen) atoms. The number of amides is 1. The molecule has 1 amide bonds. The summed E-state index contributed by atoms with van der Waals surface area (Å²) >= 11 is 6.12. The van der Waals surface area contributed by atoms with Crippen molar-refractivity contribution in [2.75, 3.05) is 0 Å². The van der Waals surface area contributed by atoms with Crippen molar-refractivity contribution in [2.45, 2.75) is 58.6 Å². The van der Waals surface area contributed by atoms with Crippen molar-refractivity contribution < 1.29 is 19.1 Å². The minimum atomic E-state index is -0.694.